The highest BCUT2D eigenvalue weighted by molar-refractivity contribution is 5.70. The highest BCUT2D eigenvalue weighted by atomic mass is 16.7. The maximum Gasteiger partial charge on any atom is 0.308 e. The summed E-state index contributed by atoms with van der Waals surface area (Å²) in [5, 5.41) is 7.94. The first-order valence-electron chi connectivity index (χ1n) is 26.5. The van der Waals surface area contributed by atoms with Crippen molar-refractivity contribution in [3.63, 3.8) is 0 Å². The van der Waals surface area contributed by atoms with E-state index < -0.39 is 22.2 Å². The van der Waals surface area contributed by atoms with E-state index in [4.69, 9.17) is 38.3 Å². The Bertz CT molecular complexity index is 1550. The van der Waals surface area contributed by atoms with Crippen molar-refractivity contribution in [3.05, 3.63) is 0 Å². The molecule has 70 heavy (non-hydrogen) atoms. The van der Waals surface area contributed by atoms with Crippen LogP contribution in [-0.4, -0.2) is 140 Å². The first kappa shape index (κ1) is 60.1. The summed E-state index contributed by atoms with van der Waals surface area (Å²) in [7, 11) is 3.37. The second-order valence-electron chi connectivity index (χ2n) is 25.9. The first-order chi connectivity index (χ1) is 32.2. The van der Waals surface area contributed by atoms with Gasteiger partial charge >= 0.3 is 23.9 Å². The van der Waals surface area contributed by atoms with Crippen LogP contribution in [0.4, 0.5) is 0 Å². The summed E-state index contributed by atoms with van der Waals surface area (Å²) < 4.78 is 23.9. The molecule has 0 radical (unpaired) electrons. The highest BCUT2D eigenvalue weighted by Crippen LogP contribution is 2.44. The maximum absolute atomic E-state index is 13.0. The molecular weight excluding hydrogens is 897 g/mol. The molecule has 4 heterocycles. The van der Waals surface area contributed by atoms with E-state index in [1.165, 1.54) is 0 Å². The van der Waals surface area contributed by atoms with Crippen LogP contribution >= 0.6 is 0 Å². The Morgan fingerprint density at radius 2 is 0.529 bits per heavy atom. The normalized spacial score (nSPS) is 25.0. The van der Waals surface area contributed by atoms with Gasteiger partial charge in [-0.1, -0.05) is 25.7 Å². The van der Waals surface area contributed by atoms with Crippen LogP contribution in [0.25, 0.3) is 0 Å². The van der Waals surface area contributed by atoms with Crippen molar-refractivity contribution in [3.8, 4) is 0 Å². The van der Waals surface area contributed by atoms with Gasteiger partial charge in [-0.3, -0.25) is 28.9 Å². The predicted molar refractivity (Wildman–Crippen MR) is 269 cm³/mol. The number of ether oxygens (including phenoxy) is 4. The standard InChI is InChI=1S/C54H98N4O12/c1-47(2)31-39(32-48(3,4)55(47)63-17)69-45(61)27-29-65-57-51(9,10)35-41(36-52(57,11)12)67-43(59)25-23-21-19-20-22-24-26-44(60)68-42-37-53(13,14)58(54(15,16)38-42)66-30-28-46(62)70-40-33-49(5,6)56(64-18)50(7,8)34-40/h39-42H,19-38H2,1-18H3. The molecule has 0 aromatic carbocycles. The molecule has 0 unspecified atom stereocenters. The number of hydrogen-bond acceptors (Lipinski definition) is 16. The number of carbonyl (C=O) groups excluding carboxylic acids is 4. The van der Waals surface area contributed by atoms with E-state index in [-0.39, 0.29) is 96.5 Å². The molecule has 0 spiro atoms. The molecule has 0 N–H and O–H groups in total. The van der Waals surface area contributed by atoms with E-state index in [0.717, 1.165) is 38.5 Å². The molecule has 0 atom stereocenters. The number of rotatable bonds is 23. The van der Waals surface area contributed by atoms with Gasteiger partial charge in [0.25, 0.3) is 0 Å². The molecule has 4 saturated heterocycles. The van der Waals surface area contributed by atoms with Gasteiger partial charge in [-0.2, -0.15) is 20.3 Å². The minimum absolute atomic E-state index is 0.145. The molecule has 4 fully saturated rings. The van der Waals surface area contributed by atoms with Crippen LogP contribution < -0.4 is 0 Å². The summed E-state index contributed by atoms with van der Waals surface area (Å²) in [6, 6.07) is 0. The van der Waals surface area contributed by atoms with Crippen molar-refractivity contribution >= 4 is 23.9 Å². The number of piperidine rings is 4. The highest BCUT2D eigenvalue weighted by Gasteiger charge is 2.51. The Kier molecular flexibility index (Phi) is 20.5. The summed E-state index contributed by atoms with van der Waals surface area (Å²) in [6.45, 7) is 33.9. The maximum atomic E-state index is 13.0. The minimum Gasteiger partial charge on any atom is -0.462 e. The molecule has 4 aliphatic heterocycles. The Hall–Kier alpha value is -2.44. The average Bonchev–Trinajstić information content (AvgIpc) is 3.15. The van der Waals surface area contributed by atoms with Gasteiger partial charge in [-0.25, -0.2) is 0 Å². The fourth-order valence-corrected chi connectivity index (χ4v) is 13.4. The van der Waals surface area contributed by atoms with Crippen molar-refractivity contribution in [1.82, 2.24) is 20.3 Å². The Labute approximate surface area is 422 Å². The van der Waals surface area contributed by atoms with Crippen LogP contribution in [0.1, 0.15) is 226 Å². The first-order valence-corrected chi connectivity index (χ1v) is 26.5. The fraction of sp³-hybridized carbons (Fsp3) is 0.926. The van der Waals surface area contributed by atoms with E-state index in [9.17, 15) is 19.2 Å². The van der Waals surface area contributed by atoms with Gasteiger partial charge in [0.15, 0.2) is 0 Å². The summed E-state index contributed by atoms with van der Waals surface area (Å²) >= 11 is 0. The lowest BCUT2D eigenvalue weighted by Gasteiger charge is -2.53. The van der Waals surface area contributed by atoms with Gasteiger partial charge < -0.3 is 28.6 Å². The van der Waals surface area contributed by atoms with Crippen molar-refractivity contribution in [2.45, 2.75) is 295 Å². The Morgan fingerprint density at radius 3 is 0.757 bits per heavy atom. The summed E-state index contributed by atoms with van der Waals surface area (Å²) in [6.07, 6.45) is 10.7. The van der Waals surface area contributed by atoms with E-state index in [1.807, 2.05) is 20.3 Å². The Balaban J connectivity index is 1.06. The lowest BCUT2D eigenvalue weighted by Crippen LogP contribution is -2.62. The van der Waals surface area contributed by atoms with Gasteiger partial charge in [-0.15, -0.1) is 0 Å². The van der Waals surface area contributed by atoms with E-state index >= 15 is 0 Å². The molecule has 0 aromatic rings. The summed E-state index contributed by atoms with van der Waals surface area (Å²) in [5.74, 6) is -0.895. The van der Waals surface area contributed by atoms with Gasteiger partial charge in [0.2, 0.25) is 0 Å². The van der Waals surface area contributed by atoms with Gasteiger partial charge in [-0.05, 0) is 124 Å². The average molecular weight is 995 g/mol. The molecule has 4 rings (SSSR count). The zero-order chi connectivity index (χ0) is 52.7. The smallest absolute Gasteiger partial charge is 0.308 e. The number of hydroxylamine groups is 8. The van der Waals surface area contributed by atoms with Crippen molar-refractivity contribution in [1.29, 1.82) is 0 Å². The number of carbonyl (C=O) groups is 4. The molecule has 4 aliphatic rings. The van der Waals surface area contributed by atoms with Gasteiger partial charge in [0, 0.05) is 109 Å². The number of esters is 4. The van der Waals surface area contributed by atoms with Crippen LogP contribution in [0.15, 0.2) is 0 Å². The van der Waals surface area contributed by atoms with Crippen molar-refractivity contribution < 1.29 is 57.5 Å². The van der Waals surface area contributed by atoms with Crippen LogP contribution in [0.5, 0.6) is 0 Å². The quantitative estimate of drug-likeness (QED) is 0.0541. The lowest BCUT2D eigenvalue weighted by molar-refractivity contribution is -0.294. The summed E-state index contributed by atoms with van der Waals surface area (Å²) in [4.78, 5) is 75.8. The molecule has 16 nitrogen and oxygen atoms in total. The van der Waals surface area contributed by atoms with Gasteiger partial charge in [0.1, 0.15) is 24.4 Å². The van der Waals surface area contributed by atoms with Gasteiger partial charge in [0.05, 0.1) is 40.3 Å². The largest absolute Gasteiger partial charge is 0.462 e. The topological polar surface area (TPSA) is 155 Å². The van der Waals surface area contributed by atoms with Crippen LogP contribution in [0, 0.1) is 0 Å². The van der Waals surface area contributed by atoms with Crippen LogP contribution in [0.3, 0.4) is 0 Å². The number of nitrogens with zero attached hydrogens (tertiary/aromatic N) is 4. The second kappa shape index (κ2) is 23.8. The third kappa shape index (κ3) is 16.5. The fourth-order valence-electron chi connectivity index (χ4n) is 13.4. The van der Waals surface area contributed by atoms with Crippen molar-refractivity contribution in [2.75, 3.05) is 27.4 Å². The third-order valence-electron chi connectivity index (χ3n) is 14.8. The molecule has 16 heteroatoms. The second-order valence-corrected chi connectivity index (χ2v) is 25.9. The molecule has 0 aromatic heterocycles. The molecule has 406 valence electrons. The molecule has 0 aliphatic carbocycles. The minimum atomic E-state index is -0.427. The molecular formula is C54H98N4O12. The predicted octanol–water partition coefficient (Wildman–Crippen LogP) is 10.1. The van der Waals surface area contributed by atoms with E-state index in [2.05, 4.69) is 111 Å². The lowest BCUT2D eigenvalue weighted by atomic mass is 9.80. The third-order valence-corrected chi connectivity index (χ3v) is 14.8. The van der Waals surface area contributed by atoms with Crippen molar-refractivity contribution in [2.24, 2.45) is 0 Å². The zero-order valence-corrected chi connectivity index (χ0v) is 47.1. The number of hydrogen-bond donors (Lipinski definition) is 0. The number of unbranched alkanes of at least 4 members (excludes halogenated alkanes) is 5. The monoisotopic (exact) mass is 995 g/mol. The SMILES string of the molecule is CON1C(C)(C)CC(OC(=O)CCON2C(C)(C)CC(OC(=O)CCCCCCCCC(=O)OC3CC(C)(C)N(OCCC(=O)OC4CC(C)(C)N(OC)C(C)(C)C4)C(C)(C)C3)CC2(C)C)CC1(C)C. The van der Waals surface area contributed by atoms with E-state index in [1.54, 1.807) is 14.2 Å². The van der Waals surface area contributed by atoms with Crippen LogP contribution in [0.2, 0.25) is 0 Å². The van der Waals surface area contributed by atoms with E-state index in [0.29, 0.717) is 64.2 Å². The molecule has 0 bridgehead atoms. The molecule has 0 amide bonds. The van der Waals surface area contributed by atoms with Crippen LogP contribution in [-0.2, 0) is 57.5 Å². The zero-order valence-electron chi connectivity index (χ0n) is 47.1. The Morgan fingerprint density at radius 1 is 0.329 bits per heavy atom. The summed E-state index contributed by atoms with van der Waals surface area (Å²) in [5.41, 5.74) is -2.82. The molecule has 0 saturated carbocycles.